The number of hydrogen-bond donors (Lipinski definition) is 1. The van der Waals surface area contributed by atoms with Gasteiger partial charge in [0.25, 0.3) is 0 Å². The van der Waals surface area contributed by atoms with Gasteiger partial charge in [0.05, 0.1) is 19.1 Å². The summed E-state index contributed by atoms with van der Waals surface area (Å²) < 4.78 is 10.1. The van der Waals surface area contributed by atoms with Crippen molar-refractivity contribution in [2.24, 2.45) is 5.92 Å². The molecule has 0 spiro atoms. The lowest BCUT2D eigenvalue weighted by atomic mass is 9.97. The minimum absolute atomic E-state index is 0.205. The fraction of sp³-hybridized carbons (Fsp3) is 0.765. The van der Waals surface area contributed by atoms with Gasteiger partial charge in [0, 0.05) is 0 Å². The number of ether oxygens (including phenoxy) is 2. The number of unbranched alkanes of at least 4 members (excludes halogenated alkanes) is 1. The zero-order valence-electron chi connectivity index (χ0n) is 15.0. The Balaban J connectivity index is 4.76. The molecule has 128 valence electrons. The van der Waals surface area contributed by atoms with Gasteiger partial charge in [-0.2, -0.15) is 0 Å². The average molecular weight is 313 g/mol. The topological polar surface area (TPSA) is 64.6 Å². The molecule has 2 atom stereocenters. The third kappa shape index (κ3) is 8.70. The average Bonchev–Trinajstić information content (AvgIpc) is 2.39. The molecule has 0 aliphatic heterocycles. The number of esters is 1. The van der Waals surface area contributed by atoms with E-state index in [4.69, 9.17) is 9.47 Å². The van der Waals surface area contributed by atoms with Gasteiger partial charge < -0.3 is 14.8 Å². The van der Waals surface area contributed by atoms with Gasteiger partial charge in [-0.15, -0.1) is 0 Å². The van der Waals surface area contributed by atoms with Crippen molar-refractivity contribution in [2.45, 2.75) is 72.4 Å². The summed E-state index contributed by atoms with van der Waals surface area (Å²) in [7, 11) is 1.40. The highest BCUT2D eigenvalue weighted by Crippen LogP contribution is 2.16. The number of nitrogens with one attached hydrogen (secondary N) is 1. The van der Waals surface area contributed by atoms with Crippen LogP contribution in [0.1, 0.15) is 60.8 Å². The summed E-state index contributed by atoms with van der Waals surface area (Å²) in [5.41, 5.74) is 0.384. The first-order valence-electron chi connectivity index (χ1n) is 7.86. The van der Waals surface area contributed by atoms with E-state index in [1.165, 1.54) is 7.11 Å². The van der Waals surface area contributed by atoms with Crippen molar-refractivity contribution < 1.29 is 19.1 Å². The number of carbonyl (C=O) groups excluding carboxylic acids is 2. The third-order valence-corrected chi connectivity index (χ3v) is 3.25. The predicted octanol–water partition coefficient (Wildman–Crippen LogP) is 3.83. The standard InChI is InChI=1S/C17H31NO4/c1-8-9-10-14(15(19)21-7)11-12(2)13(3)18-16(20)22-17(4,5)6/h11,13-14H,8-10H2,1-7H3,(H,18,20)/b12-11+/t13-,14+/m0/s1. The highest BCUT2D eigenvalue weighted by molar-refractivity contribution is 5.74. The highest BCUT2D eigenvalue weighted by atomic mass is 16.6. The molecule has 0 rings (SSSR count). The van der Waals surface area contributed by atoms with Crippen LogP contribution in [0.3, 0.4) is 0 Å². The van der Waals surface area contributed by atoms with Crippen LogP contribution >= 0.6 is 0 Å². The Bertz CT molecular complexity index is 396. The van der Waals surface area contributed by atoms with Gasteiger partial charge in [-0.3, -0.25) is 4.79 Å². The predicted molar refractivity (Wildman–Crippen MR) is 87.6 cm³/mol. The van der Waals surface area contributed by atoms with E-state index in [2.05, 4.69) is 12.2 Å². The molecule has 0 unspecified atom stereocenters. The maximum atomic E-state index is 11.8. The van der Waals surface area contributed by atoms with Crippen LogP contribution in [0, 0.1) is 5.92 Å². The maximum absolute atomic E-state index is 11.8. The van der Waals surface area contributed by atoms with Crippen molar-refractivity contribution >= 4 is 12.1 Å². The molecule has 0 aliphatic carbocycles. The molecular weight excluding hydrogens is 282 g/mol. The van der Waals surface area contributed by atoms with Crippen molar-refractivity contribution in [1.82, 2.24) is 5.32 Å². The SMILES string of the molecule is CCCC[C@H](/C=C(\C)[C@H](C)NC(=O)OC(C)(C)C)C(=O)OC. The summed E-state index contributed by atoms with van der Waals surface area (Å²) in [6, 6.07) is -0.205. The van der Waals surface area contributed by atoms with Crippen LogP contribution in [0.15, 0.2) is 11.6 Å². The molecule has 5 nitrogen and oxygen atoms in total. The fourth-order valence-corrected chi connectivity index (χ4v) is 1.90. The Morgan fingerprint density at radius 1 is 1.27 bits per heavy atom. The molecule has 0 aromatic heterocycles. The minimum atomic E-state index is -0.531. The van der Waals surface area contributed by atoms with Crippen LogP contribution in [-0.2, 0) is 14.3 Å². The summed E-state index contributed by atoms with van der Waals surface area (Å²) in [4.78, 5) is 23.6. The lowest BCUT2D eigenvalue weighted by molar-refractivity contribution is -0.144. The van der Waals surface area contributed by atoms with Crippen LogP contribution in [0.25, 0.3) is 0 Å². The largest absolute Gasteiger partial charge is 0.469 e. The van der Waals surface area contributed by atoms with E-state index >= 15 is 0 Å². The molecule has 0 radical (unpaired) electrons. The van der Waals surface area contributed by atoms with E-state index in [1.807, 2.05) is 40.7 Å². The van der Waals surface area contributed by atoms with Crippen molar-refractivity contribution in [2.75, 3.05) is 7.11 Å². The van der Waals surface area contributed by atoms with E-state index < -0.39 is 11.7 Å². The third-order valence-electron chi connectivity index (χ3n) is 3.25. The second-order valence-corrected chi connectivity index (χ2v) is 6.55. The molecule has 0 saturated heterocycles. The number of rotatable bonds is 7. The monoisotopic (exact) mass is 313 g/mol. The zero-order chi connectivity index (χ0) is 17.3. The van der Waals surface area contributed by atoms with Crippen LogP contribution in [-0.4, -0.2) is 30.8 Å². The second-order valence-electron chi connectivity index (χ2n) is 6.55. The van der Waals surface area contributed by atoms with E-state index in [0.29, 0.717) is 0 Å². The molecular formula is C17H31NO4. The number of hydrogen-bond acceptors (Lipinski definition) is 4. The Kier molecular flexibility index (Phi) is 8.83. The molecule has 0 heterocycles. The Labute approximate surface area is 134 Å². The molecule has 1 N–H and O–H groups in total. The summed E-state index contributed by atoms with van der Waals surface area (Å²) in [6.07, 6.45) is 4.14. The lowest BCUT2D eigenvalue weighted by Gasteiger charge is -2.22. The van der Waals surface area contributed by atoms with E-state index in [9.17, 15) is 9.59 Å². The fourth-order valence-electron chi connectivity index (χ4n) is 1.90. The van der Waals surface area contributed by atoms with Crippen molar-refractivity contribution in [3.05, 3.63) is 11.6 Å². The summed E-state index contributed by atoms with van der Waals surface area (Å²) >= 11 is 0. The number of amides is 1. The molecule has 0 bridgehead atoms. The van der Waals surface area contributed by atoms with Gasteiger partial charge in [0.1, 0.15) is 5.60 Å². The molecule has 5 heteroatoms. The lowest BCUT2D eigenvalue weighted by Crippen LogP contribution is -2.38. The minimum Gasteiger partial charge on any atom is -0.469 e. The molecule has 0 aromatic rings. The zero-order valence-corrected chi connectivity index (χ0v) is 15.0. The molecule has 0 aliphatic rings. The number of carbonyl (C=O) groups is 2. The van der Waals surface area contributed by atoms with Gasteiger partial charge in [0.15, 0.2) is 0 Å². The maximum Gasteiger partial charge on any atom is 0.408 e. The number of methoxy groups -OCH3 is 1. The molecule has 22 heavy (non-hydrogen) atoms. The summed E-state index contributed by atoms with van der Waals surface area (Å²) in [5, 5.41) is 2.77. The Hall–Kier alpha value is -1.52. The summed E-state index contributed by atoms with van der Waals surface area (Å²) in [6.45, 7) is 11.3. The van der Waals surface area contributed by atoms with E-state index in [0.717, 1.165) is 24.8 Å². The van der Waals surface area contributed by atoms with Gasteiger partial charge in [-0.05, 0) is 41.0 Å². The van der Waals surface area contributed by atoms with Crippen molar-refractivity contribution in [3.8, 4) is 0 Å². The Morgan fingerprint density at radius 3 is 2.32 bits per heavy atom. The van der Waals surface area contributed by atoms with E-state index in [-0.39, 0.29) is 17.9 Å². The van der Waals surface area contributed by atoms with Gasteiger partial charge in [-0.25, -0.2) is 4.79 Å². The van der Waals surface area contributed by atoms with Crippen LogP contribution in [0.2, 0.25) is 0 Å². The summed E-state index contributed by atoms with van der Waals surface area (Å²) in [5.74, 6) is -0.509. The molecule has 0 saturated carbocycles. The van der Waals surface area contributed by atoms with Crippen molar-refractivity contribution in [1.29, 1.82) is 0 Å². The quantitative estimate of drug-likeness (QED) is 0.573. The molecule has 0 fully saturated rings. The van der Waals surface area contributed by atoms with Crippen LogP contribution in [0.4, 0.5) is 4.79 Å². The van der Waals surface area contributed by atoms with Gasteiger partial charge in [-0.1, -0.05) is 31.4 Å². The smallest absolute Gasteiger partial charge is 0.408 e. The van der Waals surface area contributed by atoms with Crippen LogP contribution < -0.4 is 5.32 Å². The van der Waals surface area contributed by atoms with Gasteiger partial charge in [0.2, 0.25) is 0 Å². The Morgan fingerprint density at radius 2 is 1.86 bits per heavy atom. The number of alkyl carbamates (subject to hydrolysis) is 1. The second kappa shape index (κ2) is 9.49. The normalized spacial score (nSPS) is 15.0. The first-order chi connectivity index (χ1) is 10.1. The first-order valence-corrected chi connectivity index (χ1v) is 7.86. The molecule has 1 amide bonds. The van der Waals surface area contributed by atoms with Crippen molar-refractivity contribution in [3.63, 3.8) is 0 Å². The first kappa shape index (κ1) is 20.5. The van der Waals surface area contributed by atoms with E-state index in [1.54, 1.807) is 0 Å². The molecule has 0 aromatic carbocycles. The van der Waals surface area contributed by atoms with Gasteiger partial charge >= 0.3 is 12.1 Å². The highest BCUT2D eigenvalue weighted by Gasteiger charge is 2.20. The van der Waals surface area contributed by atoms with Crippen LogP contribution in [0.5, 0.6) is 0 Å².